The minimum atomic E-state index is -0.221. The van der Waals surface area contributed by atoms with Gasteiger partial charge in [-0.3, -0.25) is 4.79 Å². The molecule has 3 heteroatoms. The second-order valence-electron chi connectivity index (χ2n) is 3.30. The van der Waals surface area contributed by atoms with Crippen LogP contribution in [0.2, 0.25) is 0 Å². The maximum atomic E-state index is 11.3. The van der Waals surface area contributed by atoms with Crippen LogP contribution in [0.15, 0.2) is 18.2 Å². The number of carbonyl (C=O) groups is 1. The Morgan fingerprint density at radius 3 is 2.73 bits per heavy atom. The Bertz CT molecular complexity index is 345. The number of aryl methyl sites for hydroxylation is 1. The first kappa shape index (κ1) is 11.6. The van der Waals surface area contributed by atoms with E-state index in [1.807, 2.05) is 25.1 Å². The molecule has 82 valence electrons. The maximum absolute atomic E-state index is 11.3. The normalized spacial score (nSPS) is 9.80. The molecule has 0 bridgehead atoms. The molecule has 0 amide bonds. The molecule has 1 aromatic rings. The van der Waals surface area contributed by atoms with Crippen molar-refractivity contribution in [2.45, 2.75) is 20.3 Å². The van der Waals surface area contributed by atoms with Crippen LogP contribution in [0, 0.1) is 6.92 Å². The highest BCUT2D eigenvalue weighted by Crippen LogP contribution is 2.20. The van der Waals surface area contributed by atoms with E-state index in [9.17, 15) is 4.79 Å². The van der Waals surface area contributed by atoms with Crippen LogP contribution >= 0.6 is 0 Å². The first-order chi connectivity index (χ1) is 7.17. The third-order valence-corrected chi connectivity index (χ3v) is 2.08. The zero-order valence-corrected chi connectivity index (χ0v) is 9.37. The van der Waals surface area contributed by atoms with E-state index in [-0.39, 0.29) is 12.4 Å². The minimum absolute atomic E-state index is 0.221. The largest absolute Gasteiger partial charge is 0.496 e. The van der Waals surface area contributed by atoms with Gasteiger partial charge in [-0.05, 0) is 19.9 Å². The van der Waals surface area contributed by atoms with Gasteiger partial charge in [0, 0.05) is 5.56 Å². The molecule has 0 radical (unpaired) electrons. The summed E-state index contributed by atoms with van der Waals surface area (Å²) in [4.78, 5) is 11.3. The highest BCUT2D eigenvalue weighted by molar-refractivity contribution is 5.73. The molecule has 0 aliphatic rings. The molecule has 1 rings (SSSR count). The summed E-state index contributed by atoms with van der Waals surface area (Å²) in [5.74, 6) is 0.509. The third-order valence-electron chi connectivity index (χ3n) is 2.08. The average molecular weight is 208 g/mol. The second kappa shape index (κ2) is 5.39. The van der Waals surface area contributed by atoms with Crippen LogP contribution in [-0.4, -0.2) is 19.7 Å². The van der Waals surface area contributed by atoms with Gasteiger partial charge in [-0.15, -0.1) is 0 Å². The molecule has 0 saturated heterocycles. The van der Waals surface area contributed by atoms with Gasteiger partial charge in [-0.2, -0.15) is 0 Å². The first-order valence-electron chi connectivity index (χ1n) is 4.96. The van der Waals surface area contributed by atoms with E-state index >= 15 is 0 Å². The van der Waals surface area contributed by atoms with Gasteiger partial charge in [-0.25, -0.2) is 0 Å². The number of benzene rings is 1. The number of hydrogen-bond acceptors (Lipinski definition) is 3. The zero-order valence-electron chi connectivity index (χ0n) is 9.37. The summed E-state index contributed by atoms with van der Waals surface area (Å²) in [6.07, 6.45) is 0.263. The number of hydrogen-bond donors (Lipinski definition) is 0. The molecule has 0 saturated carbocycles. The molecule has 0 aromatic heterocycles. The predicted octanol–water partition coefficient (Wildman–Crippen LogP) is 2.11. The molecule has 0 aliphatic carbocycles. The summed E-state index contributed by atoms with van der Waals surface area (Å²) in [5.41, 5.74) is 1.98. The fourth-order valence-corrected chi connectivity index (χ4v) is 1.41. The van der Waals surface area contributed by atoms with Crippen LogP contribution < -0.4 is 4.74 Å². The number of methoxy groups -OCH3 is 1. The average Bonchev–Trinajstić information content (AvgIpc) is 2.18. The molecule has 3 nitrogen and oxygen atoms in total. The quantitative estimate of drug-likeness (QED) is 0.711. The summed E-state index contributed by atoms with van der Waals surface area (Å²) in [7, 11) is 1.60. The molecule has 0 unspecified atom stereocenters. The number of carbonyl (C=O) groups excluding carboxylic acids is 1. The fourth-order valence-electron chi connectivity index (χ4n) is 1.41. The Kier molecular flexibility index (Phi) is 4.16. The number of rotatable bonds is 4. The molecule has 15 heavy (non-hydrogen) atoms. The molecular weight excluding hydrogens is 192 g/mol. The highest BCUT2D eigenvalue weighted by atomic mass is 16.5. The summed E-state index contributed by atoms with van der Waals surface area (Å²) < 4.78 is 10.1. The van der Waals surface area contributed by atoms with E-state index in [2.05, 4.69) is 0 Å². The standard InChI is InChI=1S/C12H16O3/c1-4-15-12(13)8-10-7-9(2)5-6-11(10)14-3/h5-7H,4,8H2,1-3H3. The number of ether oxygens (including phenoxy) is 2. The smallest absolute Gasteiger partial charge is 0.310 e. The van der Waals surface area contributed by atoms with Crippen LogP contribution in [0.3, 0.4) is 0 Å². The van der Waals surface area contributed by atoms with Gasteiger partial charge in [0.15, 0.2) is 0 Å². The Hall–Kier alpha value is -1.51. The van der Waals surface area contributed by atoms with Crippen molar-refractivity contribution < 1.29 is 14.3 Å². The van der Waals surface area contributed by atoms with E-state index < -0.39 is 0 Å². The molecule has 0 N–H and O–H groups in total. The summed E-state index contributed by atoms with van der Waals surface area (Å²) in [5, 5.41) is 0. The van der Waals surface area contributed by atoms with Crippen molar-refractivity contribution in [1.82, 2.24) is 0 Å². The van der Waals surface area contributed by atoms with E-state index in [1.165, 1.54) is 0 Å². The van der Waals surface area contributed by atoms with Crippen molar-refractivity contribution >= 4 is 5.97 Å². The Morgan fingerprint density at radius 1 is 1.40 bits per heavy atom. The van der Waals surface area contributed by atoms with Crippen molar-refractivity contribution in [2.24, 2.45) is 0 Å². The van der Waals surface area contributed by atoms with E-state index in [0.717, 1.165) is 16.9 Å². The highest BCUT2D eigenvalue weighted by Gasteiger charge is 2.09. The lowest BCUT2D eigenvalue weighted by Crippen LogP contribution is -2.08. The lowest BCUT2D eigenvalue weighted by atomic mass is 10.1. The van der Waals surface area contributed by atoms with E-state index in [0.29, 0.717) is 6.61 Å². The molecule has 0 spiro atoms. The van der Waals surface area contributed by atoms with Crippen molar-refractivity contribution in [3.05, 3.63) is 29.3 Å². The molecule has 0 fully saturated rings. The van der Waals surface area contributed by atoms with E-state index in [4.69, 9.17) is 9.47 Å². The van der Waals surface area contributed by atoms with Crippen molar-refractivity contribution in [2.75, 3.05) is 13.7 Å². The van der Waals surface area contributed by atoms with Gasteiger partial charge < -0.3 is 9.47 Å². The first-order valence-corrected chi connectivity index (χ1v) is 4.96. The monoisotopic (exact) mass is 208 g/mol. The van der Waals surface area contributed by atoms with Gasteiger partial charge in [0.25, 0.3) is 0 Å². The Morgan fingerprint density at radius 2 is 2.13 bits per heavy atom. The van der Waals surface area contributed by atoms with Crippen LogP contribution in [-0.2, 0) is 16.0 Å². The molecule has 0 aliphatic heterocycles. The molecular formula is C12H16O3. The van der Waals surface area contributed by atoms with Crippen LogP contribution in [0.1, 0.15) is 18.1 Å². The van der Waals surface area contributed by atoms with Crippen LogP contribution in [0.5, 0.6) is 5.75 Å². The molecule has 1 aromatic carbocycles. The van der Waals surface area contributed by atoms with Gasteiger partial charge in [0.2, 0.25) is 0 Å². The van der Waals surface area contributed by atoms with Crippen molar-refractivity contribution in [3.63, 3.8) is 0 Å². The van der Waals surface area contributed by atoms with Crippen LogP contribution in [0.4, 0.5) is 0 Å². The lowest BCUT2D eigenvalue weighted by molar-refractivity contribution is -0.142. The van der Waals surface area contributed by atoms with Gasteiger partial charge in [0.1, 0.15) is 5.75 Å². The van der Waals surface area contributed by atoms with Gasteiger partial charge in [-0.1, -0.05) is 17.7 Å². The summed E-state index contributed by atoms with van der Waals surface area (Å²) in [6.45, 7) is 4.19. The molecule has 0 heterocycles. The van der Waals surface area contributed by atoms with E-state index in [1.54, 1.807) is 14.0 Å². The SMILES string of the molecule is CCOC(=O)Cc1cc(C)ccc1OC. The topological polar surface area (TPSA) is 35.5 Å². The maximum Gasteiger partial charge on any atom is 0.310 e. The Labute approximate surface area is 90.0 Å². The van der Waals surface area contributed by atoms with Crippen LogP contribution in [0.25, 0.3) is 0 Å². The zero-order chi connectivity index (χ0) is 11.3. The predicted molar refractivity (Wildman–Crippen MR) is 58.1 cm³/mol. The minimum Gasteiger partial charge on any atom is -0.496 e. The summed E-state index contributed by atoms with van der Waals surface area (Å²) >= 11 is 0. The van der Waals surface area contributed by atoms with Gasteiger partial charge >= 0.3 is 5.97 Å². The summed E-state index contributed by atoms with van der Waals surface area (Å²) in [6, 6.07) is 5.76. The lowest BCUT2D eigenvalue weighted by Gasteiger charge is -2.08. The van der Waals surface area contributed by atoms with Gasteiger partial charge in [0.05, 0.1) is 20.1 Å². The Balaban J connectivity index is 2.82. The molecule has 0 atom stereocenters. The van der Waals surface area contributed by atoms with Crippen molar-refractivity contribution in [1.29, 1.82) is 0 Å². The second-order valence-corrected chi connectivity index (χ2v) is 3.30. The number of esters is 1. The third kappa shape index (κ3) is 3.27. The van der Waals surface area contributed by atoms with Crippen molar-refractivity contribution in [3.8, 4) is 5.75 Å². The fraction of sp³-hybridized carbons (Fsp3) is 0.417.